The van der Waals surface area contributed by atoms with Crippen LogP contribution in [0.15, 0.2) is 6.20 Å². The normalized spacial score (nSPS) is 10.8. The third kappa shape index (κ3) is 1.27. The van der Waals surface area contributed by atoms with Crippen LogP contribution in [0.4, 0.5) is 8.78 Å². The summed E-state index contributed by atoms with van der Waals surface area (Å²) in [6.45, 7) is -3.06. The van der Waals surface area contributed by atoms with E-state index in [4.69, 9.17) is 5.11 Å². The summed E-state index contributed by atoms with van der Waals surface area (Å²) in [7, 11) is 0. The van der Waals surface area contributed by atoms with E-state index in [1.165, 1.54) is 0 Å². The van der Waals surface area contributed by atoms with Crippen molar-refractivity contribution in [2.75, 3.05) is 0 Å². The van der Waals surface area contributed by atoms with Crippen molar-refractivity contribution in [1.29, 1.82) is 0 Å². The highest BCUT2D eigenvalue weighted by Gasteiger charge is 2.07. The molecule has 4 nitrogen and oxygen atoms in total. The highest BCUT2D eigenvalue weighted by Crippen LogP contribution is 2.06. The Morgan fingerprint density at radius 2 is 2.40 bits per heavy atom. The lowest BCUT2D eigenvalue weighted by molar-refractivity contribution is 0.0545. The van der Waals surface area contributed by atoms with Gasteiger partial charge in [0.25, 0.3) is 0 Å². The Morgan fingerprint density at radius 3 is 2.70 bits per heavy atom. The zero-order chi connectivity index (χ0) is 7.56. The van der Waals surface area contributed by atoms with Gasteiger partial charge >= 0.3 is 6.55 Å². The van der Waals surface area contributed by atoms with Crippen LogP contribution in [0.25, 0.3) is 0 Å². The van der Waals surface area contributed by atoms with Crippen LogP contribution in [0.1, 0.15) is 12.2 Å². The van der Waals surface area contributed by atoms with Gasteiger partial charge in [-0.2, -0.15) is 13.5 Å². The molecule has 56 valence electrons. The Hall–Kier alpha value is -1.04. The van der Waals surface area contributed by atoms with Gasteiger partial charge in [-0.25, -0.2) is 0 Å². The van der Waals surface area contributed by atoms with Gasteiger partial charge in [-0.1, -0.05) is 5.21 Å². The van der Waals surface area contributed by atoms with Gasteiger partial charge < -0.3 is 5.11 Å². The summed E-state index contributed by atoms with van der Waals surface area (Å²) in [5, 5.41) is 14.7. The van der Waals surface area contributed by atoms with Crippen LogP contribution in [0, 0.1) is 0 Å². The first-order valence-electron chi connectivity index (χ1n) is 2.53. The Balaban J connectivity index is 2.78. The van der Waals surface area contributed by atoms with Crippen LogP contribution >= 0.6 is 0 Å². The first kappa shape index (κ1) is 7.07. The fourth-order valence-corrected chi connectivity index (χ4v) is 0.481. The lowest BCUT2D eigenvalue weighted by atomic mass is 10.5. The monoisotopic (exact) mass is 149 g/mol. The van der Waals surface area contributed by atoms with Crippen molar-refractivity contribution in [3.63, 3.8) is 0 Å². The number of hydrogen-bond donors (Lipinski definition) is 1. The van der Waals surface area contributed by atoms with Crippen LogP contribution in [-0.4, -0.2) is 20.1 Å². The van der Waals surface area contributed by atoms with Gasteiger partial charge in [-0.3, -0.25) is 0 Å². The molecule has 1 aromatic heterocycles. The number of hydrogen-bond acceptors (Lipinski definition) is 3. The summed E-state index contributed by atoms with van der Waals surface area (Å²) < 4.78 is 23.8. The molecule has 0 atom stereocenters. The molecule has 6 heteroatoms. The predicted octanol–water partition coefficient (Wildman–Crippen LogP) is 0.165. The molecule has 0 saturated heterocycles. The highest BCUT2D eigenvalue weighted by molar-refractivity contribution is 4.88. The summed E-state index contributed by atoms with van der Waals surface area (Å²) in [5.41, 5.74) is 0.139. The zero-order valence-electron chi connectivity index (χ0n) is 4.91. The Kier molecular flexibility index (Phi) is 1.91. The molecule has 1 aromatic rings. The maximum atomic E-state index is 11.7. The third-order valence-electron chi connectivity index (χ3n) is 0.920. The van der Waals surface area contributed by atoms with Crippen molar-refractivity contribution in [1.82, 2.24) is 15.0 Å². The molecule has 1 heterocycles. The van der Waals surface area contributed by atoms with Crippen LogP contribution < -0.4 is 0 Å². The molecule has 0 aliphatic heterocycles. The first-order chi connectivity index (χ1) is 4.74. The SMILES string of the molecule is OCc1cn(C(F)F)nn1. The van der Waals surface area contributed by atoms with Crippen LogP contribution in [-0.2, 0) is 6.61 Å². The lowest BCUT2D eigenvalue weighted by Gasteiger charge is -1.92. The average molecular weight is 149 g/mol. The van der Waals surface area contributed by atoms with Crippen LogP contribution in [0.5, 0.6) is 0 Å². The molecular formula is C4H5F2N3O. The van der Waals surface area contributed by atoms with Crippen LogP contribution in [0.3, 0.4) is 0 Å². The maximum absolute atomic E-state index is 11.7. The average Bonchev–Trinajstić information content (AvgIpc) is 2.34. The molecule has 0 unspecified atom stereocenters. The predicted molar refractivity (Wildman–Crippen MR) is 27.2 cm³/mol. The standard InChI is InChI=1S/C4H5F2N3O/c5-4(6)9-1-3(2-10)7-8-9/h1,4,10H,2H2. The Morgan fingerprint density at radius 1 is 1.70 bits per heavy atom. The van der Waals surface area contributed by atoms with Gasteiger partial charge in [0.15, 0.2) is 0 Å². The van der Waals surface area contributed by atoms with Gasteiger partial charge in [0, 0.05) is 0 Å². The number of aliphatic hydroxyl groups is 1. The minimum atomic E-state index is -2.69. The minimum absolute atomic E-state index is 0.139. The van der Waals surface area contributed by atoms with Crippen LogP contribution in [0.2, 0.25) is 0 Å². The Labute approximate surface area is 55.1 Å². The molecule has 10 heavy (non-hydrogen) atoms. The number of rotatable bonds is 2. The van der Waals surface area contributed by atoms with E-state index in [1.54, 1.807) is 0 Å². The topological polar surface area (TPSA) is 50.9 Å². The molecule has 1 rings (SSSR count). The molecule has 0 fully saturated rings. The molecular weight excluding hydrogens is 144 g/mol. The lowest BCUT2D eigenvalue weighted by Crippen LogP contribution is -1.97. The van der Waals surface area contributed by atoms with E-state index in [0.717, 1.165) is 6.20 Å². The van der Waals surface area contributed by atoms with Gasteiger partial charge in [0.1, 0.15) is 5.69 Å². The number of nitrogens with zero attached hydrogens (tertiary/aromatic N) is 3. The second-order valence-corrected chi connectivity index (χ2v) is 1.63. The summed E-state index contributed by atoms with van der Waals surface area (Å²) in [4.78, 5) is 0. The van der Waals surface area contributed by atoms with E-state index in [2.05, 4.69) is 10.3 Å². The van der Waals surface area contributed by atoms with E-state index in [1.807, 2.05) is 0 Å². The van der Waals surface area contributed by atoms with Gasteiger partial charge in [-0.15, -0.1) is 5.10 Å². The number of alkyl halides is 2. The summed E-state index contributed by atoms with van der Waals surface area (Å²) in [5.74, 6) is 0. The van der Waals surface area contributed by atoms with E-state index in [0.29, 0.717) is 4.68 Å². The third-order valence-corrected chi connectivity index (χ3v) is 0.920. The van der Waals surface area contributed by atoms with Crippen molar-refractivity contribution in [3.8, 4) is 0 Å². The highest BCUT2D eigenvalue weighted by atomic mass is 19.3. The molecule has 0 aliphatic carbocycles. The van der Waals surface area contributed by atoms with E-state index >= 15 is 0 Å². The zero-order valence-corrected chi connectivity index (χ0v) is 4.91. The van der Waals surface area contributed by atoms with Crippen molar-refractivity contribution >= 4 is 0 Å². The number of aliphatic hydroxyl groups excluding tert-OH is 1. The fourth-order valence-electron chi connectivity index (χ4n) is 0.481. The van der Waals surface area contributed by atoms with E-state index in [9.17, 15) is 8.78 Å². The van der Waals surface area contributed by atoms with Gasteiger partial charge in [0.2, 0.25) is 0 Å². The number of aromatic nitrogens is 3. The molecule has 0 saturated carbocycles. The quantitative estimate of drug-likeness (QED) is 0.651. The summed E-state index contributed by atoms with van der Waals surface area (Å²) >= 11 is 0. The molecule has 0 spiro atoms. The largest absolute Gasteiger partial charge is 0.390 e. The summed E-state index contributed by atoms with van der Waals surface area (Å²) in [6.07, 6.45) is 0.991. The Bertz CT molecular complexity index is 212. The van der Waals surface area contributed by atoms with E-state index < -0.39 is 6.55 Å². The van der Waals surface area contributed by atoms with Gasteiger partial charge in [0.05, 0.1) is 12.8 Å². The van der Waals surface area contributed by atoms with Crippen molar-refractivity contribution in [3.05, 3.63) is 11.9 Å². The number of halogens is 2. The second-order valence-electron chi connectivity index (χ2n) is 1.63. The molecule has 0 aliphatic rings. The van der Waals surface area contributed by atoms with E-state index in [-0.39, 0.29) is 12.3 Å². The van der Waals surface area contributed by atoms with Crippen molar-refractivity contribution in [2.24, 2.45) is 0 Å². The minimum Gasteiger partial charge on any atom is -0.390 e. The second kappa shape index (κ2) is 2.70. The summed E-state index contributed by atoms with van der Waals surface area (Å²) in [6, 6.07) is 0. The maximum Gasteiger partial charge on any atom is 0.334 e. The van der Waals surface area contributed by atoms with Crippen molar-refractivity contribution in [2.45, 2.75) is 13.2 Å². The molecule has 0 bridgehead atoms. The first-order valence-corrected chi connectivity index (χ1v) is 2.53. The molecule has 0 radical (unpaired) electrons. The fraction of sp³-hybridized carbons (Fsp3) is 0.500. The molecule has 0 amide bonds. The molecule has 1 N–H and O–H groups in total. The molecule has 0 aromatic carbocycles. The van der Waals surface area contributed by atoms with Gasteiger partial charge in [-0.05, 0) is 0 Å². The van der Waals surface area contributed by atoms with Crippen molar-refractivity contribution < 1.29 is 13.9 Å². The smallest absolute Gasteiger partial charge is 0.334 e.